The minimum absolute atomic E-state index is 0.381. The summed E-state index contributed by atoms with van der Waals surface area (Å²) in [7, 11) is -3.35. The van der Waals surface area contributed by atoms with Crippen LogP contribution in [0.5, 0.6) is 0 Å². The van der Waals surface area contributed by atoms with Gasteiger partial charge in [0, 0.05) is 25.7 Å². The summed E-state index contributed by atoms with van der Waals surface area (Å²) < 4.78 is 27.2. The normalized spacial score (nSPS) is 17.3. The molecule has 1 fully saturated rings. The van der Waals surface area contributed by atoms with E-state index in [1.807, 2.05) is 19.1 Å². The molecule has 0 unspecified atom stereocenters. The topological polar surface area (TPSA) is 49.4 Å². The first kappa shape index (κ1) is 16.5. The van der Waals surface area contributed by atoms with Gasteiger partial charge in [0.15, 0.2) is 0 Å². The number of benzene rings is 1. The van der Waals surface area contributed by atoms with Gasteiger partial charge in [0.2, 0.25) is 10.0 Å². The third-order valence-electron chi connectivity index (χ3n) is 4.03. The van der Waals surface area contributed by atoms with Gasteiger partial charge in [0.1, 0.15) is 0 Å². The monoisotopic (exact) mass is 310 g/mol. The number of hydrogen-bond donors (Lipinski definition) is 1. The molecular weight excluding hydrogens is 284 g/mol. The van der Waals surface area contributed by atoms with Crippen molar-refractivity contribution in [1.82, 2.24) is 9.62 Å². The molecule has 118 valence electrons. The van der Waals surface area contributed by atoms with Gasteiger partial charge in [-0.2, -0.15) is 4.31 Å². The molecule has 1 heterocycles. The second-order valence-electron chi connectivity index (χ2n) is 6.04. The fraction of sp³-hybridized carbons (Fsp3) is 0.625. The largest absolute Gasteiger partial charge is 0.310 e. The van der Waals surface area contributed by atoms with E-state index in [9.17, 15) is 8.42 Å². The van der Waals surface area contributed by atoms with Crippen LogP contribution in [0, 0.1) is 6.92 Å². The van der Waals surface area contributed by atoms with Gasteiger partial charge < -0.3 is 5.32 Å². The molecule has 0 aromatic heterocycles. The predicted molar refractivity (Wildman–Crippen MR) is 85.8 cm³/mol. The highest BCUT2D eigenvalue weighted by Gasteiger charge is 2.27. The standard InChI is InChI=1S/C16H26N2O2S/c1-13(2)17-12-15-8-7-9-16(14(15)3)21(19,20)18-10-5-4-6-11-18/h7-9,13,17H,4-6,10-12H2,1-3H3. The summed E-state index contributed by atoms with van der Waals surface area (Å²) in [4.78, 5) is 0.465. The number of sulfonamides is 1. The Morgan fingerprint density at radius 3 is 2.48 bits per heavy atom. The molecule has 1 aromatic carbocycles. The lowest BCUT2D eigenvalue weighted by atomic mass is 10.1. The molecule has 0 atom stereocenters. The van der Waals surface area contributed by atoms with Gasteiger partial charge >= 0.3 is 0 Å². The average Bonchev–Trinajstić information content (AvgIpc) is 2.46. The number of hydrogen-bond acceptors (Lipinski definition) is 3. The van der Waals surface area contributed by atoms with Crippen LogP contribution in [-0.4, -0.2) is 31.9 Å². The summed E-state index contributed by atoms with van der Waals surface area (Å²) in [5, 5.41) is 3.35. The van der Waals surface area contributed by atoms with Crippen LogP contribution in [0.3, 0.4) is 0 Å². The van der Waals surface area contributed by atoms with Crippen LogP contribution < -0.4 is 5.32 Å². The van der Waals surface area contributed by atoms with Gasteiger partial charge in [-0.3, -0.25) is 0 Å². The average molecular weight is 310 g/mol. The van der Waals surface area contributed by atoms with Crippen molar-refractivity contribution in [2.24, 2.45) is 0 Å². The first-order valence-electron chi connectivity index (χ1n) is 7.75. The third kappa shape index (κ3) is 3.84. The summed E-state index contributed by atoms with van der Waals surface area (Å²) in [5.41, 5.74) is 1.93. The Kier molecular flexibility index (Phi) is 5.41. The van der Waals surface area contributed by atoms with E-state index in [0.717, 1.165) is 30.4 Å². The van der Waals surface area contributed by atoms with Gasteiger partial charge in [-0.25, -0.2) is 8.42 Å². The molecule has 4 nitrogen and oxygen atoms in total. The molecule has 1 saturated heterocycles. The lowest BCUT2D eigenvalue weighted by Crippen LogP contribution is -2.36. The van der Waals surface area contributed by atoms with Crippen molar-refractivity contribution >= 4 is 10.0 Å². The minimum atomic E-state index is -3.35. The molecule has 0 radical (unpaired) electrons. The van der Waals surface area contributed by atoms with E-state index in [0.29, 0.717) is 30.6 Å². The second-order valence-corrected chi connectivity index (χ2v) is 7.95. The van der Waals surface area contributed by atoms with Crippen LogP contribution in [0.1, 0.15) is 44.2 Å². The van der Waals surface area contributed by atoms with E-state index in [1.54, 1.807) is 10.4 Å². The maximum Gasteiger partial charge on any atom is 0.243 e. The fourth-order valence-corrected chi connectivity index (χ4v) is 4.47. The van der Waals surface area contributed by atoms with Crippen molar-refractivity contribution in [1.29, 1.82) is 0 Å². The molecular formula is C16H26N2O2S. The smallest absolute Gasteiger partial charge is 0.243 e. The van der Waals surface area contributed by atoms with E-state index in [1.165, 1.54) is 0 Å². The zero-order valence-electron chi connectivity index (χ0n) is 13.2. The Morgan fingerprint density at radius 2 is 1.86 bits per heavy atom. The van der Waals surface area contributed by atoms with Crippen molar-refractivity contribution in [3.05, 3.63) is 29.3 Å². The highest BCUT2D eigenvalue weighted by atomic mass is 32.2. The van der Waals surface area contributed by atoms with Crippen LogP contribution in [0.4, 0.5) is 0 Å². The molecule has 1 aromatic rings. The van der Waals surface area contributed by atoms with Crippen molar-refractivity contribution in [3.8, 4) is 0 Å². The molecule has 5 heteroatoms. The van der Waals surface area contributed by atoms with Crippen LogP contribution in [0.25, 0.3) is 0 Å². The molecule has 0 spiro atoms. The first-order valence-corrected chi connectivity index (χ1v) is 9.19. The van der Waals surface area contributed by atoms with E-state index in [-0.39, 0.29) is 0 Å². The Hall–Kier alpha value is -0.910. The predicted octanol–water partition coefficient (Wildman–Crippen LogP) is 2.67. The number of nitrogens with zero attached hydrogens (tertiary/aromatic N) is 1. The summed E-state index contributed by atoms with van der Waals surface area (Å²) >= 11 is 0. The molecule has 0 aliphatic carbocycles. The molecule has 0 bridgehead atoms. The van der Waals surface area contributed by atoms with Crippen LogP contribution >= 0.6 is 0 Å². The van der Waals surface area contributed by atoms with Crippen LogP contribution in [0.15, 0.2) is 23.1 Å². The Labute approximate surface area is 128 Å². The summed E-state index contributed by atoms with van der Waals surface area (Å²) in [5.74, 6) is 0. The SMILES string of the molecule is Cc1c(CNC(C)C)cccc1S(=O)(=O)N1CCCCC1. The van der Waals surface area contributed by atoms with Crippen LogP contribution in [-0.2, 0) is 16.6 Å². The van der Waals surface area contributed by atoms with Gasteiger partial charge in [-0.1, -0.05) is 32.4 Å². The zero-order valence-corrected chi connectivity index (χ0v) is 14.0. The van der Waals surface area contributed by atoms with Gasteiger partial charge in [-0.05, 0) is 37.0 Å². The number of piperidine rings is 1. The van der Waals surface area contributed by atoms with E-state index < -0.39 is 10.0 Å². The Morgan fingerprint density at radius 1 is 1.19 bits per heavy atom. The van der Waals surface area contributed by atoms with Gasteiger partial charge in [0.05, 0.1) is 4.90 Å². The molecule has 0 saturated carbocycles. The van der Waals surface area contributed by atoms with Crippen molar-refractivity contribution in [2.75, 3.05) is 13.1 Å². The van der Waals surface area contributed by atoms with Crippen molar-refractivity contribution in [2.45, 2.75) is 57.5 Å². The number of nitrogens with one attached hydrogen (secondary N) is 1. The molecule has 1 aliphatic heterocycles. The van der Waals surface area contributed by atoms with E-state index >= 15 is 0 Å². The van der Waals surface area contributed by atoms with Crippen molar-refractivity contribution < 1.29 is 8.42 Å². The molecule has 2 rings (SSSR count). The Balaban J connectivity index is 2.28. The lowest BCUT2D eigenvalue weighted by molar-refractivity contribution is 0.346. The summed E-state index contributed by atoms with van der Waals surface area (Å²) in [6.07, 6.45) is 3.06. The maximum atomic E-state index is 12.8. The maximum absolute atomic E-state index is 12.8. The Bertz CT molecular complexity index is 576. The molecule has 0 amide bonds. The molecule has 21 heavy (non-hydrogen) atoms. The summed E-state index contributed by atoms with van der Waals surface area (Å²) in [6.45, 7) is 8.08. The molecule has 1 N–H and O–H groups in total. The fourth-order valence-electron chi connectivity index (χ4n) is 2.69. The zero-order chi connectivity index (χ0) is 15.5. The van der Waals surface area contributed by atoms with Crippen LogP contribution in [0.2, 0.25) is 0 Å². The molecule has 1 aliphatic rings. The second kappa shape index (κ2) is 6.90. The quantitative estimate of drug-likeness (QED) is 0.909. The highest BCUT2D eigenvalue weighted by Crippen LogP contribution is 2.25. The highest BCUT2D eigenvalue weighted by molar-refractivity contribution is 7.89. The van der Waals surface area contributed by atoms with E-state index in [4.69, 9.17) is 0 Å². The van der Waals surface area contributed by atoms with E-state index in [2.05, 4.69) is 19.2 Å². The minimum Gasteiger partial charge on any atom is -0.310 e. The van der Waals surface area contributed by atoms with Crippen molar-refractivity contribution in [3.63, 3.8) is 0 Å². The third-order valence-corrected chi connectivity index (χ3v) is 6.07. The van der Waals surface area contributed by atoms with Gasteiger partial charge in [-0.15, -0.1) is 0 Å². The lowest BCUT2D eigenvalue weighted by Gasteiger charge is -2.27. The van der Waals surface area contributed by atoms with Gasteiger partial charge in [0.25, 0.3) is 0 Å². The summed E-state index contributed by atoms with van der Waals surface area (Å²) in [6, 6.07) is 5.96. The number of rotatable bonds is 5. The first-order chi connectivity index (χ1) is 9.93.